The van der Waals surface area contributed by atoms with Gasteiger partial charge in [-0.05, 0) is 32.7 Å². The molecule has 1 N–H and O–H groups in total. The van der Waals surface area contributed by atoms with Crippen LogP contribution in [0.15, 0.2) is 12.7 Å². The van der Waals surface area contributed by atoms with E-state index in [4.69, 9.17) is 4.74 Å². The summed E-state index contributed by atoms with van der Waals surface area (Å²) in [6.07, 6.45) is 9.20. The van der Waals surface area contributed by atoms with Crippen molar-refractivity contribution in [2.75, 3.05) is 14.2 Å². The maximum Gasteiger partial charge on any atom is 0.0830 e. The molecule has 0 saturated heterocycles. The number of methoxy groups -OCH3 is 1. The normalized spacial score (nSPS) is 22.1. The second kappa shape index (κ2) is 5.52. The highest BCUT2D eigenvalue weighted by atomic mass is 16.5. The lowest BCUT2D eigenvalue weighted by molar-refractivity contribution is -0.0356. The summed E-state index contributed by atoms with van der Waals surface area (Å²) in [5, 5.41) is 3.40. The second-order valence-corrected chi connectivity index (χ2v) is 4.18. The predicted molar refractivity (Wildman–Crippen MR) is 60.5 cm³/mol. The van der Waals surface area contributed by atoms with E-state index in [1.54, 1.807) is 0 Å². The fraction of sp³-hybridized carbons (Fsp3) is 0.833. The molecule has 1 fully saturated rings. The lowest BCUT2D eigenvalue weighted by atomic mass is 9.89. The van der Waals surface area contributed by atoms with Crippen molar-refractivity contribution in [3.05, 3.63) is 12.7 Å². The molecule has 0 aromatic rings. The zero-order valence-electron chi connectivity index (χ0n) is 9.51. The van der Waals surface area contributed by atoms with Gasteiger partial charge >= 0.3 is 0 Å². The van der Waals surface area contributed by atoms with E-state index >= 15 is 0 Å². The summed E-state index contributed by atoms with van der Waals surface area (Å²) in [5.74, 6) is 0. The third kappa shape index (κ3) is 2.37. The van der Waals surface area contributed by atoms with Gasteiger partial charge in [-0.2, -0.15) is 0 Å². The molecular weight excluding hydrogens is 174 g/mol. The van der Waals surface area contributed by atoms with Crippen molar-refractivity contribution in [1.29, 1.82) is 0 Å². The standard InChI is InChI=1S/C12H23NO/c1-4-5-8-11(13-2)12(14-3)9-6-7-10-12/h4,11,13H,1,5-10H2,2-3H3. The number of likely N-dealkylation sites (N-methyl/N-ethyl adjacent to an activating group) is 1. The molecule has 2 heteroatoms. The average molecular weight is 197 g/mol. The lowest BCUT2D eigenvalue weighted by Gasteiger charge is -2.36. The van der Waals surface area contributed by atoms with Crippen molar-refractivity contribution in [2.45, 2.75) is 50.2 Å². The Morgan fingerprint density at radius 1 is 1.50 bits per heavy atom. The first-order valence-corrected chi connectivity index (χ1v) is 5.62. The van der Waals surface area contributed by atoms with E-state index in [-0.39, 0.29) is 5.60 Å². The third-order valence-electron chi connectivity index (χ3n) is 3.50. The topological polar surface area (TPSA) is 21.3 Å². The molecule has 0 bridgehead atoms. The van der Waals surface area contributed by atoms with Crippen LogP contribution in [0.2, 0.25) is 0 Å². The molecule has 0 spiro atoms. The van der Waals surface area contributed by atoms with Crippen molar-refractivity contribution in [3.63, 3.8) is 0 Å². The predicted octanol–water partition coefficient (Wildman–Crippen LogP) is 2.50. The molecule has 0 heterocycles. The fourth-order valence-corrected chi connectivity index (χ4v) is 2.62. The summed E-state index contributed by atoms with van der Waals surface area (Å²) in [6.45, 7) is 3.77. The Hall–Kier alpha value is -0.340. The van der Waals surface area contributed by atoms with Gasteiger partial charge in [0, 0.05) is 13.2 Å². The molecule has 0 aliphatic heterocycles. The van der Waals surface area contributed by atoms with Crippen LogP contribution in [-0.4, -0.2) is 25.8 Å². The quantitative estimate of drug-likeness (QED) is 0.661. The smallest absolute Gasteiger partial charge is 0.0830 e. The van der Waals surface area contributed by atoms with Crippen LogP contribution in [0.3, 0.4) is 0 Å². The number of hydrogen-bond donors (Lipinski definition) is 1. The molecule has 0 aromatic heterocycles. The Labute approximate surface area is 87.7 Å². The van der Waals surface area contributed by atoms with Gasteiger partial charge in [-0.15, -0.1) is 6.58 Å². The number of ether oxygens (including phenoxy) is 1. The molecule has 1 atom stereocenters. The zero-order valence-corrected chi connectivity index (χ0v) is 9.51. The van der Waals surface area contributed by atoms with Gasteiger partial charge in [-0.1, -0.05) is 18.9 Å². The van der Waals surface area contributed by atoms with E-state index < -0.39 is 0 Å². The Morgan fingerprint density at radius 3 is 2.57 bits per heavy atom. The summed E-state index contributed by atoms with van der Waals surface area (Å²) in [6, 6.07) is 0.480. The fourth-order valence-electron chi connectivity index (χ4n) is 2.62. The minimum absolute atomic E-state index is 0.0950. The lowest BCUT2D eigenvalue weighted by Crippen LogP contribution is -2.49. The summed E-state index contributed by atoms with van der Waals surface area (Å²) in [5.41, 5.74) is 0.0950. The molecule has 2 nitrogen and oxygen atoms in total. The van der Waals surface area contributed by atoms with Crippen LogP contribution in [0.1, 0.15) is 38.5 Å². The molecule has 1 rings (SSSR count). The molecule has 1 unspecified atom stereocenters. The van der Waals surface area contributed by atoms with Gasteiger partial charge in [0.05, 0.1) is 5.60 Å². The van der Waals surface area contributed by atoms with Gasteiger partial charge in [0.1, 0.15) is 0 Å². The van der Waals surface area contributed by atoms with Crippen LogP contribution in [0.25, 0.3) is 0 Å². The van der Waals surface area contributed by atoms with Crippen molar-refractivity contribution in [2.24, 2.45) is 0 Å². The Balaban J connectivity index is 2.58. The Morgan fingerprint density at radius 2 is 2.14 bits per heavy atom. The van der Waals surface area contributed by atoms with Crippen LogP contribution in [0.4, 0.5) is 0 Å². The van der Waals surface area contributed by atoms with Crippen molar-refractivity contribution in [1.82, 2.24) is 5.32 Å². The summed E-state index contributed by atoms with van der Waals surface area (Å²) < 4.78 is 5.75. The number of rotatable bonds is 6. The minimum Gasteiger partial charge on any atom is -0.377 e. The van der Waals surface area contributed by atoms with E-state index in [1.807, 2.05) is 20.2 Å². The summed E-state index contributed by atoms with van der Waals surface area (Å²) in [7, 11) is 3.89. The van der Waals surface area contributed by atoms with Gasteiger partial charge in [0.2, 0.25) is 0 Å². The summed E-state index contributed by atoms with van der Waals surface area (Å²) in [4.78, 5) is 0. The monoisotopic (exact) mass is 197 g/mol. The first-order chi connectivity index (χ1) is 6.79. The Bertz CT molecular complexity index is 173. The largest absolute Gasteiger partial charge is 0.377 e. The maximum absolute atomic E-state index is 5.75. The summed E-state index contributed by atoms with van der Waals surface area (Å²) >= 11 is 0. The first kappa shape index (κ1) is 11.7. The molecule has 82 valence electrons. The van der Waals surface area contributed by atoms with E-state index in [9.17, 15) is 0 Å². The van der Waals surface area contributed by atoms with E-state index in [0.29, 0.717) is 6.04 Å². The maximum atomic E-state index is 5.75. The van der Waals surface area contributed by atoms with Gasteiger partial charge < -0.3 is 10.1 Å². The number of nitrogens with one attached hydrogen (secondary N) is 1. The minimum atomic E-state index is 0.0950. The molecule has 0 amide bonds. The van der Waals surface area contributed by atoms with Gasteiger partial charge in [0.15, 0.2) is 0 Å². The highest BCUT2D eigenvalue weighted by Gasteiger charge is 2.40. The third-order valence-corrected chi connectivity index (χ3v) is 3.50. The second-order valence-electron chi connectivity index (χ2n) is 4.18. The number of hydrogen-bond acceptors (Lipinski definition) is 2. The van der Waals surface area contributed by atoms with Crippen LogP contribution in [-0.2, 0) is 4.74 Å². The SMILES string of the molecule is C=CCCC(NC)C1(OC)CCCC1. The average Bonchev–Trinajstić information content (AvgIpc) is 2.69. The van der Waals surface area contributed by atoms with E-state index in [2.05, 4.69) is 11.9 Å². The highest BCUT2D eigenvalue weighted by Crippen LogP contribution is 2.36. The molecule has 14 heavy (non-hydrogen) atoms. The van der Waals surface area contributed by atoms with E-state index in [1.165, 1.54) is 25.7 Å². The van der Waals surface area contributed by atoms with E-state index in [0.717, 1.165) is 12.8 Å². The van der Waals surface area contributed by atoms with Gasteiger partial charge in [0.25, 0.3) is 0 Å². The first-order valence-electron chi connectivity index (χ1n) is 5.62. The van der Waals surface area contributed by atoms with Gasteiger partial charge in [-0.3, -0.25) is 0 Å². The molecular formula is C12H23NO. The molecule has 0 radical (unpaired) electrons. The number of allylic oxidation sites excluding steroid dienone is 1. The molecule has 1 aliphatic carbocycles. The zero-order chi connectivity index (χ0) is 10.4. The van der Waals surface area contributed by atoms with Crippen LogP contribution < -0.4 is 5.32 Å². The molecule has 1 saturated carbocycles. The van der Waals surface area contributed by atoms with Crippen LogP contribution in [0.5, 0.6) is 0 Å². The van der Waals surface area contributed by atoms with Crippen molar-refractivity contribution < 1.29 is 4.74 Å². The molecule has 1 aliphatic rings. The Kier molecular flexibility index (Phi) is 4.63. The van der Waals surface area contributed by atoms with Crippen molar-refractivity contribution >= 4 is 0 Å². The van der Waals surface area contributed by atoms with Crippen molar-refractivity contribution in [3.8, 4) is 0 Å². The molecule has 0 aromatic carbocycles. The van der Waals surface area contributed by atoms with Crippen LogP contribution >= 0.6 is 0 Å². The highest BCUT2D eigenvalue weighted by molar-refractivity contribution is 4.97. The van der Waals surface area contributed by atoms with Crippen LogP contribution in [0, 0.1) is 0 Å². The van der Waals surface area contributed by atoms with Gasteiger partial charge in [-0.25, -0.2) is 0 Å².